The predicted octanol–water partition coefficient (Wildman–Crippen LogP) is 1.88. The SMILES string of the molecule is COc1ccc(CC2SCC(=O)N2NC(=O)c2ccncc2)cc1. The lowest BCUT2D eigenvalue weighted by Crippen LogP contribution is -2.48. The lowest BCUT2D eigenvalue weighted by molar-refractivity contribution is -0.130. The molecule has 2 amide bonds. The van der Waals surface area contributed by atoms with Gasteiger partial charge < -0.3 is 4.74 Å². The molecule has 124 valence electrons. The molecule has 2 aromatic rings. The molecule has 1 unspecified atom stereocenters. The fourth-order valence-electron chi connectivity index (χ4n) is 2.40. The quantitative estimate of drug-likeness (QED) is 0.897. The first kappa shape index (κ1) is 16.3. The number of methoxy groups -OCH3 is 1. The second-order valence-corrected chi connectivity index (χ2v) is 6.42. The van der Waals surface area contributed by atoms with E-state index in [1.807, 2.05) is 24.3 Å². The molecule has 1 N–H and O–H groups in total. The summed E-state index contributed by atoms with van der Waals surface area (Å²) in [6, 6.07) is 10.9. The molecule has 7 heteroatoms. The Morgan fingerprint density at radius 2 is 2.00 bits per heavy atom. The summed E-state index contributed by atoms with van der Waals surface area (Å²) in [6.45, 7) is 0. The first-order valence-corrected chi connectivity index (χ1v) is 8.50. The zero-order valence-electron chi connectivity index (χ0n) is 13.1. The molecular formula is C17H17N3O3S. The van der Waals surface area contributed by atoms with Crippen LogP contribution in [0.5, 0.6) is 5.75 Å². The van der Waals surface area contributed by atoms with Gasteiger partial charge in [-0.2, -0.15) is 0 Å². The number of pyridine rings is 1. The van der Waals surface area contributed by atoms with Crippen molar-refractivity contribution >= 4 is 23.6 Å². The van der Waals surface area contributed by atoms with Crippen molar-refractivity contribution in [3.05, 3.63) is 59.9 Å². The number of hydrogen-bond donors (Lipinski definition) is 1. The van der Waals surface area contributed by atoms with Crippen molar-refractivity contribution in [2.75, 3.05) is 12.9 Å². The van der Waals surface area contributed by atoms with Crippen LogP contribution in [-0.2, 0) is 11.2 Å². The lowest BCUT2D eigenvalue weighted by Gasteiger charge is -2.24. The summed E-state index contributed by atoms with van der Waals surface area (Å²) in [4.78, 5) is 28.3. The minimum Gasteiger partial charge on any atom is -0.497 e. The van der Waals surface area contributed by atoms with E-state index in [0.717, 1.165) is 11.3 Å². The Kier molecular flexibility index (Phi) is 5.00. The first-order valence-electron chi connectivity index (χ1n) is 7.45. The van der Waals surface area contributed by atoms with Gasteiger partial charge in [0.15, 0.2) is 0 Å². The molecule has 6 nitrogen and oxygen atoms in total. The van der Waals surface area contributed by atoms with Crippen LogP contribution >= 0.6 is 11.8 Å². The molecule has 1 atom stereocenters. The summed E-state index contributed by atoms with van der Waals surface area (Å²) in [5.41, 5.74) is 4.25. The van der Waals surface area contributed by atoms with E-state index >= 15 is 0 Å². The van der Waals surface area contributed by atoms with E-state index in [1.165, 1.54) is 16.8 Å². The third-order valence-electron chi connectivity index (χ3n) is 3.69. The van der Waals surface area contributed by atoms with Crippen LogP contribution < -0.4 is 10.2 Å². The van der Waals surface area contributed by atoms with Crippen LogP contribution in [0.1, 0.15) is 15.9 Å². The molecule has 1 saturated heterocycles. The molecule has 0 spiro atoms. The third-order valence-corrected chi connectivity index (χ3v) is 4.87. The Labute approximate surface area is 144 Å². The van der Waals surface area contributed by atoms with Gasteiger partial charge >= 0.3 is 0 Å². The molecule has 1 aromatic carbocycles. The van der Waals surface area contributed by atoms with Gasteiger partial charge in [0.2, 0.25) is 0 Å². The number of rotatable bonds is 5. The molecule has 3 rings (SSSR count). The van der Waals surface area contributed by atoms with Crippen molar-refractivity contribution in [3.8, 4) is 5.75 Å². The maximum atomic E-state index is 12.3. The smallest absolute Gasteiger partial charge is 0.270 e. The number of thioether (sulfide) groups is 1. The fourth-order valence-corrected chi connectivity index (χ4v) is 3.50. The largest absolute Gasteiger partial charge is 0.497 e. The maximum absolute atomic E-state index is 12.3. The normalized spacial score (nSPS) is 17.0. The van der Waals surface area contributed by atoms with Gasteiger partial charge in [0, 0.05) is 24.4 Å². The highest BCUT2D eigenvalue weighted by Crippen LogP contribution is 2.27. The van der Waals surface area contributed by atoms with Gasteiger partial charge in [-0.15, -0.1) is 11.8 Å². The fraction of sp³-hybridized carbons (Fsp3) is 0.235. The second kappa shape index (κ2) is 7.35. The molecule has 1 aliphatic rings. The van der Waals surface area contributed by atoms with Crippen molar-refractivity contribution in [2.24, 2.45) is 0 Å². The zero-order valence-corrected chi connectivity index (χ0v) is 14.0. The number of hydrogen-bond acceptors (Lipinski definition) is 5. The van der Waals surface area contributed by atoms with Gasteiger partial charge in [0.05, 0.1) is 12.9 Å². The molecule has 0 radical (unpaired) electrons. The molecule has 0 aliphatic carbocycles. The highest BCUT2D eigenvalue weighted by molar-refractivity contribution is 8.00. The van der Waals surface area contributed by atoms with Gasteiger partial charge in [-0.1, -0.05) is 12.1 Å². The summed E-state index contributed by atoms with van der Waals surface area (Å²) >= 11 is 1.52. The number of carbonyl (C=O) groups is 2. The van der Waals surface area contributed by atoms with Crippen molar-refractivity contribution in [3.63, 3.8) is 0 Å². The number of nitrogens with zero attached hydrogens (tertiary/aromatic N) is 2. The predicted molar refractivity (Wildman–Crippen MR) is 91.5 cm³/mol. The summed E-state index contributed by atoms with van der Waals surface area (Å²) in [5, 5.41) is 1.30. The number of hydrazine groups is 1. The zero-order chi connectivity index (χ0) is 16.9. The Hall–Kier alpha value is -2.54. The van der Waals surface area contributed by atoms with Crippen LogP contribution in [-0.4, -0.2) is 40.0 Å². The molecule has 24 heavy (non-hydrogen) atoms. The summed E-state index contributed by atoms with van der Waals surface area (Å²) < 4.78 is 5.15. The van der Waals surface area contributed by atoms with Gasteiger partial charge in [-0.25, -0.2) is 5.01 Å². The van der Waals surface area contributed by atoms with Crippen molar-refractivity contribution < 1.29 is 14.3 Å². The molecule has 1 aliphatic heterocycles. The van der Waals surface area contributed by atoms with E-state index in [-0.39, 0.29) is 17.2 Å². The summed E-state index contributed by atoms with van der Waals surface area (Å²) in [6.07, 6.45) is 3.74. The van der Waals surface area contributed by atoms with Crippen LogP contribution in [0.3, 0.4) is 0 Å². The average Bonchev–Trinajstić information content (AvgIpc) is 2.96. The lowest BCUT2D eigenvalue weighted by atomic mass is 10.1. The maximum Gasteiger partial charge on any atom is 0.270 e. The van der Waals surface area contributed by atoms with E-state index < -0.39 is 0 Å². The molecule has 2 heterocycles. The van der Waals surface area contributed by atoms with Crippen LogP contribution in [0, 0.1) is 0 Å². The Morgan fingerprint density at radius 3 is 2.67 bits per heavy atom. The van der Waals surface area contributed by atoms with E-state index in [4.69, 9.17) is 4.74 Å². The molecule has 1 fully saturated rings. The second-order valence-electron chi connectivity index (χ2n) is 5.26. The monoisotopic (exact) mass is 343 g/mol. The van der Waals surface area contributed by atoms with Crippen molar-refractivity contribution in [1.29, 1.82) is 0 Å². The van der Waals surface area contributed by atoms with E-state index in [9.17, 15) is 9.59 Å². The van der Waals surface area contributed by atoms with Gasteiger partial charge in [-0.05, 0) is 29.8 Å². The molecule has 1 aromatic heterocycles. The first-order chi connectivity index (χ1) is 11.7. The number of amides is 2. The molecule has 0 saturated carbocycles. The highest BCUT2D eigenvalue weighted by atomic mass is 32.2. The number of carbonyl (C=O) groups excluding carboxylic acids is 2. The molecular weight excluding hydrogens is 326 g/mol. The highest BCUT2D eigenvalue weighted by Gasteiger charge is 2.33. The van der Waals surface area contributed by atoms with Crippen LogP contribution in [0.2, 0.25) is 0 Å². The number of aromatic nitrogens is 1. The Bertz CT molecular complexity index is 722. The van der Waals surface area contributed by atoms with E-state index in [1.54, 1.807) is 31.6 Å². The van der Waals surface area contributed by atoms with Crippen molar-refractivity contribution in [2.45, 2.75) is 11.8 Å². The minimum atomic E-state index is -0.312. The van der Waals surface area contributed by atoms with Crippen LogP contribution in [0.4, 0.5) is 0 Å². The standard InChI is InChI=1S/C17H17N3O3S/c1-23-14-4-2-12(3-5-14)10-16-20(15(21)11-24-16)19-17(22)13-6-8-18-9-7-13/h2-9,16H,10-11H2,1H3,(H,19,22). The third kappa shape index (κ3) is 3.68. The topological polar surface area (TPSA) is 71.5 Å². The Morgan fingerprint density at radius 1 is 1.29 bits per heavy atom. The van der Waals surface area contributed by atoms with Crippen LogP contribution in [0.15, 0.2) is 48.8 Å². The van der Waals surface area contributed by atoms with Crippen LogP contribution in [0.25, 0.3) is 0 Å². The minimum absolute atomic E-state index is 0.0964. The van der Waals surface area contributed by atoms with Gasteiger partial charge in [0.25, 0.3) is 11.8 Å². The van der Waals surface area contributed by atoms with Crippen molar-refractivity contribution in [1.82, 2.24) is 15.4 Å². The van der Waals surface area contributed by atoms with E-state index in [2.05, 4.69) is 10.4 Å². The summed E-state index contributed by atoms with van der Waals surface area (Å²) in [5.74, 6) is 0.739. The number of ether oxygens (including phenoxy) is 1. The number of benzene rings is 1. The van der Waals surface area contributed by atoms with E-state index in [0.29, 0.717) is 17.7 Å². The average molecular weight is 343 g/mol. The number of nitrogens with one attached hydrogen (secondary N) is 1. The van der Waals surface area contributed by atoms with Gasteiger partial charge in [-0.3, -0.25) is 20.0 Å². The molecule has 0 bridgehead atoms. The summed E-state index contributed by atoms with van der Waals surface area (Å²) in [7, 11) is 1.62. The Balaban J connectivity index is 1.68. The van der Waals surface area contributed by atoms with Gasteiger partial charge in [0.1, 0.15) is 11.1 Å².